The number of benzene rings is 1. The minimum atomic E-state index is -0.357. The Bertz CT molecular complexity index is 1020. The molecule has 1 aliphatic carbocycles. The first-order valence-corrected chi connectivity index (χ1v) is 11.2. The van der Waals surface area contributed by atoms with Gasteiger partial charge in [0.05, 0.1) is 36.0 Å². The maximum atomic E-state index is 12.9. The number of ether oxygens (including phenoxy) is 2. The van der Waals surface area contributed by atoms with Gasteiger partial charge in [-0.25, -0.2) is 9.97 Å². The molecule has 1 fully saturated rings. The number of amides is 1. The number of nitrogens with zero attached hydrogens (tertiary/aromatic N) is 3. The van der Waals surface area contributed by atoms with E-state index >= 15 is 0 Å². The van der Waals surface area contributed by atoms with E-state index < -0.39 is 0 Å². The van der Waals surface area contributed by atoms with E-state index in [-0.39, 0.29) is 42.1 Å². The Morgan fingerprint density at radius 2 is 1.88 bits per heavy atom. The molecule has 0 aliphatic heterocycles. The second-order valence-corrected chi connectivity index (χ2v) is 9.68. The first kappa shape index (κ1) is 24.9. The average Bonchev–Trinajstić information content (AvgIpc) is 2.78. The van der Waals surface area contributed by atoms with E-state index in [1.54, 1.807) is 18.2 Å². The van der Waals surface area contributed by atoms with Gasteiger partial charge >= 0.3 is 0 Å². The molecular weight excluding hydrogens is 444 g/mol. The summed E-state index contributed by atoms with van der Waals surface area (Å²) in [5, 5.41) is 21.3. The number of nitriles is 1. The number of nitrogens with one attached hydrogen (secondary N) is 1. The van der Waals surface area contributed by atoms with Crippen LogP contribution in [0.1, 0.15) is 49.4 Å². The summed E-state index contributed by atoms with van der Waals surface area (Å²) in [6, 6.07) is 6.90. The smallest absolute Gasteiger partial charge is 0.254 e. The largest absolute Gasteiger partial charge is 0.489 e. The average molecular weight is 473 g/mol. The SMILES string of the molecule is CC1(C)C(NC(=O)c2cnc(CCOCCO)nc2)C(C)(C)C1Oc1ccc(C#N)c(Cl)c1. The first-order valence-electron chi connectivity index (χ1n) is 10.8. The van der Waals surface area contributed by atoms with Crippen LogP contribution in [0.5, 0.6) is 5.75 Å². The molecule has 1 aromatic carbocycles. The fourth-order valence-corrected chi connectivity index (χ4v) is 4.95. The second kappa shape index (κ2) is 10.0. The number of carbonyl (C=O) groups excluding carboxylic acids is 1. The van der Waals surface area contributed by atoms with Crippen molar-refractivity contribution in [2.45, 2.75) is 46.3 Å². The molecule has 0 radical (unpaired) electrons. The fraction of sp³-hybridized carbons (Fsp3) is 0.500. The van der Waals surface area contributed by atoms with Gasteiger partial charge in [-0.2, -0.15) is 5.26 Å². The molecular formula is C24H29ClN4O4. The molecule has 2 aromatic rings. The summed E-state index contributed by atoms with van der Waals surface area (Å²) in [6.45, 7) is 8.84. The molecule has 0 bridgehead atoms. The molecule has 3 rings (SSSR count). The lowest BCUT2D eigenvalue weighted by molar-refractivity contribution is -0.164. The van der Waals surface area contributed by atoms with E-state index in [1.807, 2.05) is 33.8 Å². The molecule has 8 nitrogen and oxygen atoms in total. The van der Waals surface area contributed by atoms with Crippen molar-refractivity contribution in [3.63, 3.8) is 0 Å². The van der Waals surface area contributed by atoms with Gasteiger partial charge in [0.2, 0.25) is 0 Å². The van der Waals surface area contributed by atoms with E-state index in [2.05, 4.69) is 15.3 Å². The summed E-state index contributed by atoms with van der Waals surface area (Å²) in [5.41, 5.74) is 0.0615. The van der Waals surface area contributed by atoms with Gasteiger partial charge in [-0.3, -0.25) is 4.79 Å². The predicted octanol–water partition coefficient (Wildman–Crippen LogP) is 3.17. The van der Waals surface area contributed by atoms with Crippen LogP contribution in [0, 0.1) is 22.2 Å². The maximum absolute atomic E-state index is 12.9. The van der Waals surface area contributed by atoms with Gasteiger partial charge < -0.3 is 19.9 Å². The van der Waals surface area contributed by atoms with Crippen molar-refractivity contribution in [1.29, 1.82) is 5.26 Å². The first-order chi connectivity index (χ1) is 15.6. The Kier molecular flexibility index (Phi) is 7.58. The molecule has 1 amide bonds. The van der Waals surface area contributed by atoms with Crippen molar-refractivity contribution in [2.75, 3.05) is 19.8 Å². The van der Waals surface area contributed by atoms with Gasteiger partial charge in [0.25, 0.3) is 5.91 Å². The molecule has 0 spiro atoms. The van der Waals surface area contributed by atoms with Crippen molar-refractivity contribution in [2.24, 2.45) is 10.8 Å². The summed E-state index contributed by atoms with van der Waals surface area (Å²) < 4.78 is 11.5. The monoisotopic (exact) mass is 472 g/mol. The third-order valence-electron chi connectivity index (χ3n) is 6.10. The number of carbonyl (C=O) groups is 1. The fourth-order valence-electron chi connectivity index (χ4n) is 4.74. The number of hydrogen-bond acceptors (Lipinski definition) is 7. The van der Waals surface area contributed by atoms with Gasteiger partial charge in [0.15, 0.2) is 0 Å². The van der Waals surface area contributed by atoms with Crippen molar-refractivity contribution >= 4 is 17.5 Å². The Balaban J connectivity index is 1.64. The van der Waals surface area contributed by atoms with Crippen molar-refractivity contribution in [3.05, 3.63) is 52.6 Å². The number of hydrogen-bond donors (Lipinski definition) is 2. The van der Waals surface area contributed by atoms with Gasteiger partial charge in [0, 0.05) is 41.8 Å². The van der Waals surface area contributed by atoms with Crippen molar-refractivity contribution in [1.82, 2.24) is 15.3 Å². The molecule has 9 heteroatoms. The van der Waals surface area contributed by atoms with E-state index in [0.717, 1.165) is 0 Å². The summed E-state index contributed by atoms with van der Waals surface area (Å²) in [4.78, 5) is 21.4. The minimum Gasteiger partial charge on any atom is -0.489 e. The molecule has 1 heterocycles. The zero-order valence-corrected chi connectivity index (χ0v) is 20.0. The van der Waals surface area contributed by atoms with E-state index in [0.29, 0.717) is 40.8 Å². The molecule has 0 atom stereocenters. The van der Waals surface area contributed by atoms with Crippen LogP contribution in [0.4, 0.5) is 0 Å². The van der Waals surface area contributed by atoms with Crippen LogP contribution in [0.15, 0.2) is 30.6 Å². The third kappa shape index (κ3) is 5.27. The van der Waals surface area contributed by atoms with Gasteiger partial charge in [-0.05, 0) is 12.1 Å². The number of halogens is 1. The van der Waals surface area contributed by atoms with E-state index in [4.69, 9.17) is 31.4 Å². The van der Waals surface area contributed by atoms with Crippen molar-refractivity contribution in [3.8, 4) is 11.8 Å². The lowest BCUT2D eigenvalue weighted by atomic mass is 9.49. The Hall–Kier alpha value is -2.73. The lowest BCUT2D eigenvalue weighted by Gasteiger charge is -2.63. The molecule has 2 N–H and O–H groups in total. The highest BCUT2D eigenvalue weighted by molar-refractivity contribution is 6.31. The Morgan fingerprint density at radius 1 is 1.21 bits per heavy atom. The minimum absolute atomic E-state index is 0.0268. The highest BCUT2D eigenvalue weighted by atomic mass is 35.5. The topological polar surface area (TPSA) is 117 Å². The normalized spacial score (nSPS) is 20.4. The summed E-state index contributed by atoms with van der Waals surface area (Å²) in [5.74, 6) is 0.911. The Labute approximate surface area is 198 Å². The summed E-state index contributed by atoms with van der Waals surface area (Å²) in [6.07, 6.45) is 3.34. The predicted molar refractivity (Wildman–Crippen MR) is 123 cm³/mol. The van der Waals surface area contributed by atoms with Crippen molar-refractivity contribution < 1.29 is 19.4 Å². The molecule has 176 valence electrons. The molecule has 0 unspecified atom stereocenters. The van der Waals surface area contributed by atoms with Crippen LogP contribution in [0.25, 0.3) is 0 Å². The zero-order chi connectivity index (χ0) is 24.2. The standard InChI is InChI=1S/C24H29ClN4O4/c1-23(2)21(24(3,4)22(23)33-17-6-5-15(12-26)18(25)11-17)29-20(31)16-13-27-19(28-14-16)7-9-32-10-8-30/h5-6,11,13-14,21-22,30H,7-10H2,1-4H3,(H,29,31). The lowest BCUT2D eigenvalue weighted by Crippen LogP contribution is -2.74. The summed E-state index contributed by atoms with van der Waals surface area (Å²) >= 11 is 6.15. The molecule has 0 saturated heterocycles. The van der Waals surface area contributed by atoms with Crippen LogP contribution in [-0.4, -0.2) is 52.9 Å². The number of aliphatic hydroxyl groups is 1. The zero-order valence-electron chi connectivity index (χ0n) is 19.3. The van der Waals surface area contributed by atoms with E-state index in [9.17, 15) is 4.79 Å². The number of aromatic nitrogens is 2. The molecule has 1 aromatic heterocycles. The number of rotatable bonds is 9. The van der Waals surface area contributed by atoms with Gasteiger partial charge in [0.1, 0.15) is 23.7 Å². The van der Waals surface area contributed by atoms with Gasteiger partial charge in [-0.15, -0.1) is 0 Å². The second-order valence-electron chi connectivity index (χ2n) is 9.27. The van der Waals surface area contributed by atoms with E-state index in [1.165, 1.54) is 12.4 Å². The van der Waals surface area contributed by atoms with Crippen LogP contribution in [0.3, 0.4) is 0 Å². The van der Waals surface area contributed by atoms with Crippen LogP contribution in [0.2, 0.25) is 5.02 Å². The Morgan fingerprint density at radius 3 is 2.45 bits per heavy atom. The molecule has 1 saturated carbocycles. The maximum Gasteiger partial charge on any atom is 0.254 e. The van der Waals surface area contributed by atoms with Crippen LogP contribution in [-0.2, 0) is 11.2 Å². The highest BCUT2D eigenvalue weighted by Gasteiger charge is 2.64. The highest BCUT2D eigenvalue weighted by Crippen LogP contribution is 2.55. The number of aliphatic hydroxyl groups excluding tert-OH is 1. The van der Waals surface area contributed by atoms with Gasteiger partial charge in [-0.1, -0.05) is 39.3 Å². The van der Waals surface area contributed by atoms with Crippen LogP contribution < -0.4 is 10.1 Å². The molecule has 33 heavy (non-hydrogen) atoms. The molecule has 1 aliphatic rings. The quantitative estimate of drug-likeness (QED) is 0.538. The summed E-state index contributed by atoms with van der Waals surface area (Å²) in [7, 11) is 0. The van der Waals surface area contributed by atoms with Crippen LogP contribution >= 0.6 is 11.6 Å². The third-order valence-corrected chi connectivity index (χ3v) is 6.42.